The summed E-state index contributed by atoms with van der Waals surface area (Å²) in [5.74, 6) is 0.958. The van der Waals surface area contributed by atoms with E-state index in [-0.39, 0.29) is 5.91 Å². The molecule has 0 atom stereocenters. The van der Waals surface area contributed by atoms with Crippen molar-refractivity contribution < 1.29 is 9.53 Å². The Bertz CT molecular complexity index is 961. The molecular formula is C21H21N3O2S2. The largest absolute Gasteiger partial charge is 0.497 e. The number of ether oxygens (including phenoxy) is 1. The number of methoxy groups -OCH3 is 1. The van der Waals surface area contributed by atoms with Crippen LogP contribution < -0.4 is 20.9 Å². The number of carbonyl (C=O) groups is 1. The Kier molecular flexibility index (Phi) is 7.11. The van der Waals surface area contributed by atoms with Gasteiger partial charge in [0, 0.05) is 11.4 Å². The lowest BCUT2D eigenvalue weighted by atomic mass is 10.1. The fourth-order valence-corrected chi connectivity index (χ4v) is 3.41. The fraction of sp³-hybridized carbons (Fsp3) is 0.143. The third-order valence-corrected chi connectivity index (χ3v) is 5.26. The van der Waals surface area contributed by atoms with Crippen LogP contribution in [0.3, 0.4) is 0 Å². The maximum atomic E-state index is 12.0. The van der Waals surface area contributed by atoms with Gasteiger partial charge in [-0.3, -0.25) is 15.6 Å². The van der Waals surface area contributed by atoms with E-state index in [1.807, 2.05) is 42.5 Å². The molecule has 0 aliphatic heterocycles. The van der Waals surface area contributed by atoms with Crippen LogP contribution in [0.4, 0.5) is 0 Å². The quantitative estimate of drug-likeness (QED) is 0.327. The smallest absolute Gasteiger partial charge is 0.248 e. The molecule has 3 rings (SSSR count). The Morgan fingerprint density at radius 2 is 1.75 bits per heavy atom. The minimum absolute atomic E-state index is 0.147. The summed E-state index contributed by atoms with van der Waals surface area (Å²) in [6.45, 7) is 0.553. The molecule has 0 spiro atoms. The van der Waals surface area contributed by atoms with Gasteiger partial charge in [0.2, 0.25) is 5.91 Å². The summed E-state index contributed by atoms with van der Waals surface area (Å²) in [7, 11) is 1.63. The van der Waals surface area contributed by atoms with E-state index in [9.17, 15) is 4.79 Å². The number of fused-ring (bicyclic) bond motifs is 1. The van der Waals surface area contributed by atoms with Gasteiger partial charge in [-0.05, 0) is 52.8 Å². The first kappa shape index (κ1) is 20.0. The topological polar surface area (TPSA) is 62.4 Å². The highest BCUT2D eigenvalue weighted by atomic mass is 32.2. The SMILES string of the molecule is COc1ccc(CNC(=S)NNC(=O)CSc2ccc3ccccc3c2)cc1. The number of nitrogens with one attached hydrogen (secondary N) is 3. The van der Waals surface area contributed by atoms with Gasteiger partial charge in [-0.2, -0.15) is 0 Å². The van der Waals surface area contributed by atoms with Crippen LogP contribution in [-0.2, 0) is 11.3 Å². The first-order chi connectivity index (χ1) is 13.6. The maximum Gasteiger partial charge on any atom is 0.248 e. The molecule has 7 heteroatoms. The summed E-state index contributed by atoms with van der Waals surface area (Å²) in [5.41, 5.74) is 6.39. The minimum atomic E-state index is -0.147. The lowest BCUT2D eigenvalue weighted by Gasteiger charge is -2.12. The van der Waals surface area contributed by atoms with Crippen molar-refractivity contribution in [2.75, 3.05) is 12.9 Å². The average molecular weight is 412 g/mol. The highest BCUT2D eigenvalue weighted by molar-refractivity contribution is 8.00. The molecule has 0 aliphatic rings. The Labute approximate surface area is 173 Å². The van der Waals surface area contributed by atoms with E-state index in [4.69, 9.17) is 17.0 Å². The summed E-state index contributed by atoms with van der Waals surface area (Å²) in [5, 5.41) is 5.75. The van der Waals surface area contributed by atoms with E-state index in [2.05, 4.69) is 40.4 Å². The van der Waals surface area contributed by atoms with E-state index >= 15 is 0 Å². The predicted molar refractivity (Wildman–Crippen MR) is 118 cm³/mol. The molecule has 1 amide bonds. The fourth-order valence-electron chi connectivity index (χ4n) is 2.54. The maximum absolute atomic E-state index is 12.0. The Balaban J connectivity index is 1.38. The van der Waals surface area contributed by atoms with Crippen molar-refractivity contribution >= 4 is 45.8 Å². The third kappa shape index (κ3) is 5.87. The van der Waals surface area contributed by atoms with Crippen molar-refractivity contribution in [3.63, 3.8) is 0 Å². The van der Waals surface area contributed by atoms with E-state index < -0.39 is 0 Å². The summed E-state index contributed by atoms with van der Waals surface area (Å²) in [6, 6.07) is 22.0. The highest BCUT2D eigenvalue weighted by Crippen LogP contribution is 2.23. The second-order valence-corrected chi connectivity index (χ2v) is 7.46. The minimum Gasteiger partial charge on any atom is -0.497 e. The molecule has 0 heterocycles. The molecule has 3 aromatic carbocycles. The van der Waals surface area contributed by atoms with Crippen LogP contribution in [-0.4, -0.2) is 23.9 Å². The van der Waals surface area contributed by atoms with Gasteiger partial charge in [0.1, 0.15) is 5.75 Å². The molecule has 0 saturated carbocycles. The van der Waals surface area contributed by atoms with E-state index in [1.165, 1.54) is 17.1 Å². The number of hydrogen-bond acceptors (Lipinski definition) is 4. The van der Waals surface area contributed by atoms with Gasteiger partial charge < -0.3 is 10.1 Å². The van der Waals surface area contributed by atoms with Gasteiger partial charge in [0.05, 0.1) is 12.9 Å². The Hall–Kier alpha value is -2.77. The predicted octanol–water partition coefficient (Wildman–Crippen LogP) is 3.64. The first-order valence-electron chi connectivity index (χ1n) is 8.71. The van der Waals surface area contributed by atoms with Gasteiger partial charge in [0.25, 0.3) is 0 Å². The number of carbonyl (C=O) groups excluding carboxylic acids is 1. The van der Waals surface area contributed by atoms with Crippen LogP contribution in [0.15, 0.2) is 71.6 Å². The number of hydrogen-bond donors (Lipinski definition) is 3. The lowest BCUT2D eigenvalue weighted by molar-refractivity contribution is -0.119. The van der Waals surface area contributed by atoms with Crippen LogP contribution in [0.25, 0.3) is 10.8 Å². The van der Waals surface area contributed by atoms with Crippen molar-refractivity contribution in [3.05, 3.63) is 72.3 Å². The van der Waals surface area contributed by atoms with Crippen molar-refractivity contribution in [2.24, 2.45) is 0 Å². The molecule has 0 saturated heterocycles. The van der Waals surface area contributed by atoms with E-state index in [1.54, 1.807) is 7.11 Å². The molecule has 0 fully saturated rings. The molecule has 144 valence electrons. The molecule has 0 unspecified atom stereocenters. The van der Waals surface area contributed by atoms with Crippen molar-refractivity contribution in [3.8, 4) is 5.75 Å². The molecule has 5 nitrogen and oxygen atoms in total. The van der Waals surface area contributed by atoms with Gasteiger partial charge in [0.15, 0.2) is 5.11 Å². The van der Waals surface area contributed by atoms with Crippen LogP contribution in [0, 0.1) is 0 Å². The normalized spacial score (nSPS) is 10.3. The van der Waals surface area contributed by atoms with Crippen molar-refractivity contribution in [1.29, 1.82) is 0 Å². The van der Waals surface area contributed by atoms with Gasteiger partial charge in [-0.1, -0.05) is 42.5 Å². The van der Waals surface area contributed by atoms with Crippen LogP contribution in [0.5, 0.6) is 5.75 Å². The zero-order valence-corrected chi connectivity index (χ0v) is 17.0. The number of benzene rings is 3. The number of rotatable bonds is 6. The number of hydrazine groups is 1. The molecule has 0 radical (unpaired) electrons. The Morgan fingerprint density at radius 1 is 1.00 bits per heavy atom. The monoisotopic (exact) mass is 411 g/mol. The summed E-state index contributed by atoms with van der Waals surface area (Å²) >= 11 is 6.66. The standard InChI is InChI=1S/C21H21N3O2S2/c1-26-18-9-6-15(7-10-18)13-22-21(27)24-23-20(25)14-28-19-11-8-16-4-2-3-5-17(16)12-19/h2-12H,13-14H2,1H3,(H,23,25)(H2,22,24,27). The molecule has 0 aromatic heterocycles. The molecule has 0 aliphatic carbocycles. The molecule has 3 aromatic rings. The number of amides is 1. The first-order valence-corrected chi connectivity index (χ1v) is 10.1. The van der Waals surface area contributed by atoms with Crippen molar-refractivity contribution in [1.82, 2.24) is 16.2 Å². The van der Waals surface area contributed by atoms with Gasteiger partial charge >= 0.3 is 0 Å². The summed E-state index contributed by atoms with van der Waals surface area (Å²) in [4.78, 5) is 13.1. The van der Waals surface area contributed by atoms with Gasteiger partial charge in [-0.15, -0.1) is 11.8 Å². The summed E-state index contributed by atoms with van der Waals surface area (Å²) in [6.07, 6.45) is 0. The van der Waals surface area contributed by atoms with Gasteiger partial charge in [-0.25, -0.2) is 0 Å². The highest BCUT2D eigenvalue weighted by Gasteiger charge is 2.05. The van der Waals surface area contributed by atoms with Crippen LogP contribution in [0.2, 0.25) is 0 Å². The van der Waals surface area contributed by atoms with Crippen molar-refractivity contribution in [2.45, 2.75) is 11.4 Å². The van der Waals surface area contributed by atoms with Crippen LogP contribution >= 0.6 is 24.0 Å². The number of thioether (sulfide) groups is 1. The molecule has 28 heavy (non-hydrogen) atoms. The lowest BCUT2D eigenvalue weighted by Crippen LogP contribution is -2.47. The molecular weight excluding hydrogens is 390 g/mol. The zero-order valence-electron chi connectivity index (χ0n) is 15.4. The van der Waals surface area contributed by atoms with Crippen LogP contribution in [0.1, 0.15) is 5.56 Å². The van der Waals surface area contributed by atoms with E-state index in [0.29, 0.717) is 17.4 Å². The molecule has 0 bridgehead atoms. The summed E-state index contributed by atoms with van der Waals surface area (Å²) < 4.78 is 5.13. The second kappa shape index (κ2) is 9.96. The number of thiocarbonyl (C=S) groups is 1. The molecule has 3 N–H and O–H groups in total. The van der Waals surface area contributed by atoms with E-state index in [0.717, 1.165) is 21.6 Å². The second-order valence-electron chi connectivity index (χ2n) is 6.00. The Morgan fingerprint density at radius 3 is 2.50 bits per heavy atom. The zero-order chi connectivity index (χ0) is 19.8. The third-order valence-electron chi connectivity index (χ3n) is 4.02. The average Bonchev–Trinajstić information content (AvgIpc) is 2.75.